The predicted molar refractivity (Wildman–Crippen MR) is 104 cm³/mol. The van der Waals surface area contributed by atoms with Gasteiger partial charge in [0.1, 0.15) is 6.61 Å². The summed E-state index contributed by atoms with van der Waals surface area (Å²) in [5, 5.41) is 12.8. The van der Waals surface area contributed by atoms with Gasteiger partial charge in [0, 0.05) is 6.04 Å². The molecule has 1 saturated carbocycles. The number of nitrogens with zero attached hydrogens (tertiary/aromatic N) is 2. The standard InChI is InChI=1S/C19H22N4O5S/c1-11(16(24)21-18(25)20-12-6-2-3-7-12)29-19-23-22-17(28-19)15-10-26-13-8-4-5-9-14(13)27-15/h4-5,8-9,11-12,15H,2-3,6-7,10H2,1H3,(H2,20,21,24,25)/t11-,15-/m1/s1. The van der Waals surface area contributed by atoms with Crippen molar-refractivity contribution in [3.05, 3.63) is 30.2 Å². The summed E-state index contributed by atoms with van der Waals surface area (Å²) in [6, 6.07) is 7.02. The summed E-state index contributed by atoms with van der Waals surface area (Å²) in [6.45, 7) is 1.92. The molecule has 0 saturated heterocycles. The summed E-state index contributed by atoms with van der Waals surface area (Å²) in [6.07, 6.45) is 3.59. The fourth-order valence-corrected chi connectivity index (χ4v) is 3.94. The molecule has 0 spiro atoms. The second-order valence-corrected chi connectivity index (χ2v) is 8.27. The monoisotopic (exact) mass is 418 g/mol. The van der Waals surface area contributed by atoms with Crippen molar-refractivity contribution in [2.75, 3.05) is 6.61 Å². The van der Waals surface area contributed by atoms with Gasteiger partial charge in [-0.25, -0.2) is 4.79 Å². The number of rotatable bonds is 5. The Labute approximate surface area is 171 Å². The zero-order valence-corrected chi connectivity index (χ0v) is 16.7. The second kappa shape index (κ2) is 8.73. The second-order valence-electron chi connectivity index (χ2n) is 6.97. The summed E-state index contributed by atoms with van der Waals surface area (Å²) in [5.41, 5.74) is 0. The smallest absolute Gasteiger partial charge is 0.321 e. The van der Waals surface area contributed by atoms with Crippen molar-refractivity contribution < 1.29 is 23.5 Å². The maximum atomic E-state index is 12.3. The molecule has 2 atom stereocenters. The molecule has 2 heterocycles. The van der Waals surface area contributed by atoms with E-state index >= 15 is 0 Å². The molecule has 29 heavy (non-hydrogen) atoms. The van der Waals surface area contributed by atoms with E-state index < -0.39 is 23.3 Å². The van der Waals surface area contributed by atoms with Crippen molar-refractivity contribution in [2.45, 2.75) is 55.2 Å². The molecule has 0 radical (unpaired) electrons. The Kier molecular flexibility index (Phi) is 5.89. The lowest BCUT2D eigenvalue weighted by Gasteiger charge is -2.23. The van der Waals surface area contributed by atoms with Crippen molar-refractivity contribution in [1.29, 1.82) is 0 Å². The average molecular weight is 418 g/mol. The molecule has 2 aromatic rings. The van der Waals surface area contributed by atoms with Crippen LogP contribution in [0.5, 0.6) is 11.5 Å². The molecule has 1 aromatic heterocycles. The molecule has 3 amide bonds. The van der Waals surface area contributed by atoms with Crippen molar-refractivity contribution >= 4 is 23.7 Å². The van der Waals surface area contributed by atoms with E-state index in [1.807, 2.05) is 18.2 Å². The number of nitrogens with one attached hydrogen (secondary N) is 2. The first-order valence-corrected chi connectivity index (χ1v) is 10.5. The Morgan fingerprint density at radius 1 is 1.17 bits per heavy atom. The van der Waals surface area contributed by atoms with E-state index in [1.54, 1.807) is 13.0 Å². The summed E-state index contributed by atoms with van der Waals surface area (Å²) in [5.74, 6) is 1.13. The van der Waals surface area contributed by atoms with Gasteiger partial charge >= 0.3 is 6.03 Å². The van der Waals surface area contributed by atoms with Crippen molar-refractivity contribution in [3.63, 3.8) is 0 Å². The topological polar surface area (TPSA) is 116 Å². The summed E-state index contributed by atoms with van der Waals surface area (Å²) >= 11 is 1.08. The van der Waals surface area contributed by atoms with Crippen LogP contribution in [0.2, 0.25) is 0 Å². The number of para-hydroxylation sites is 2. The molecular weight excluding hydrogens is 396 g/mol. The zero-order chi connectivity index (χ0) is 20.2. The maximum Gasteiger partial charge on any atom is 0.321 e. The molecule has 0 unspecified atom stereocenters. The van der Waals surface area contributed by atoms with Crippen LogP contribution >= 0.6 is 11.8 Å². The maximum absolute atomic E-state index is 12.3. The van der Waals surface area contributed by atoms with Crippen LogP contribution in [0.4, 0.5) is 4.79 Å². The Bertz CT molecular complexity index is 883. The van der Waals surface area contributed by atoms with Crippen molar-refractivity contribution in [2.24, 2.45) is 0 Å². The van der Waals surface area contributed by atoms with Crippen LogP contribution in [0.25, 0.3) is 0 Å². The number of urea groups is 1. The summed E-state index contributed by atoms with van der Waals surface area (Å²) in [7, 11) is 0. The van der Waals surface area contributed by atoms with Gasteiger partial charge < -0.3 is 19.2 Å². The quantitative estimate of drug-likeness (QED) is 0.712. The van der Waals surface area contributed by atoms with Gasteiger partial charge in [-0.2, -0.15) is 0 Å². The van der Waals surface area contributed by atoms with Gasteiger partial charge in [0.05, 0.1) is 5.25 Å². The van der Waals surface area contributed by atoms with E-state index in [9.17, 15) is 9.59 Å². The fourth-order valence-electron chi connectivity index (χ4n) is 3.25. The zero-order valence-electron chi connectivity index (χ0n) is 15.9. The van der Waals surface area contributed by atoms with E-state index in [2.05, 4.69) is 20.8 Å². The highest BCUT2D eigenvalue weighted by molar-refractivity contribution is 8.00. The minimum Gasteiger partial charge on any atom is -0.485 e. The highest BCUT2D eigenvalue weighted by atomic mass is 32.2. The highest BCUT2D eigenvalue weighted by Gasteiger charge is 2.28. The molecule has 2 N–H and O–H groups in total. The van der Waals surface area contributed by atoms with E-state index in [0.717, 1.165) is 37.4 Å². The Morgan fingerprint density at radius 3 is 2.72 bits per heavy atom. The minimum absolute atomic E-state index is 0.145. The first kappa shape index (κ1) is 19.6. The first-order valence-electron chi connectivity index (χ1n) is 9.58. The minimum atomic E-state index is -0.582. The Balaban J connectivity index is 1.29. The van der Waals surface area contributed by atoms with E-state index in [-0.39, 0.29) is 23.8 Å². The number of aromatic nitrogens is 2. The van der Waals surface area contributed by atoms with Crippen LogP contribution < -0.4 is 20.1 Å². The van der Waals surface area contributed by atoms with Crippen LogP contribution in [0, 0.1) is 0 Å². The van der Waals surface area contributed by atoms with Crippen molar-refractivity contribution in [3.8, 4) is 11.5 Å². The molecule has 1 fully saturated rings. The lowest BCUT2D eigenvalue weighted by atomic mass is 10.2. The van der Waals surface area contributed by atoms with Gasteiger partial charge in [-0.15, -0.1) is 10.2 Å². The molecule has 1 aliphatic heterocycles. The van der Waals surface area contributed by atoms with Crippen LogP contribution in [0.1, 0.15) is 44.6 Å². The lowest BCUT2D eigenvalue weighted by molar-refractivity contribution is -0.119. The van der Waals surface area contributed by atoms with Gasteiger partial charge in [0.2, 0.25) is 12.0 Å². The third-order valence-electron chi connectivity index (χ3n) is 4.78. The van der Waals surface area contributed by atoms with Gasteiger partial charge in [-0.3, -0.25) is 10.1 Å². The highest BCUT2D eigenvalue weighted by Crippen LogP contribution is 2.36. The van der Waals surface area contributed by atoms with Crippen LogP contribution in [0.3, 0.4) is 0 Å². The van der Waals surface area contributed by atoms with Gasteiger partial charge in [-0.05, 0) is 31.9 Å². The number of amides is 3. The number of hydrogen-bond acceptors (Lipinski definition) is 8. The van der Waals surface area contributed by atoms with E-state index in [4.69, 9.17) is 13.9 Å². The molecule has 154 valence electrons. The molecule has 2 aliphatic rings. The molecular formula is C19H22N4O5S. The molecule has 1 aromatic carbocycles. The van der Waals surface area contributed by atoms with Gasteiger partial charge in [-0.1, -0.05) is 36.7 Å². The SMILES string of the molecule is C[C@@H](Sc1nnc([C@H]2COc3ccccc3O2)o1)C(=O)NC(=O)NC1CCCC1. The summed E-state index contributed by atoms with van der Waals surface area (Å²) in [4.78, 5) is 24.2. The average Bonchev–Trinajstić information content (AvgIpc) is 3.39. The number of benzene rings is 1. The molecule has 4 rings (SSSR count). The van der Waals surface area contributed by atoms with Crippen LogP contribution in [0.15, 0.2) is 33.9 Å². The normalized spacial score (nSPS) is 19.6. The molecule has 0 bridgehead atoms. The third kappa shape index (κ3) is 4.81. The number of ether oxygens (including phenoxy) is 2. The first-order chi connectivity index (χ1) is 14.1. The Hall–Kier alpha value is -2.75. The van der Waals surface area contributed by atoms with E-state index in [0.29, 0.717) is 11.5 Å². The number of imide groups is 1. The molecule has 10 heteroatoms. The van der Waals surface area contributed by atoms with Gasteiger partial charge in [0.15, 0.2) is 11.5 Å². The largest absolute Gasteiger partial charge is 0.485 e. The number of hydrogen-bond donors (Lipinski definition) is 2. The Morgan fingerprint density at radius 2 is 1.93 bits per heavy atom. The number of thioether (sulfide) groups is 1. The van der Waals surface area contributed by atoms with Gasteiger partial charge in [0.25, 0.3) is 11.1 Å². The number of carbonyl (C=O) groups is 2. The van der Waals surface area contributed by atoms with Crippen molar-refractivity contribution in [1.82, 2.24) is 20.8 Å². The number of carbonyl (C=O) groups excluding carboxylic acids is 2. The van der Waals surface area contributed by atoms with Crippen LogP contribution in [-0.4, -0.2) is 40.0 Å². The third-order valence-corrected chi connectivity index (χ3v) is 5.71. The number of fused-ring (bicyclic) bond motifs is 1. The predicted octanol–water partition coefficient (Wildman–Crippen LogP) is 2.83. The van der Waals surface area contributed by atoms with Crippen LogP contribution in [-0.2, 0) is 4.79 Å². The molecule has 9 nitrogen and oxygen atoms in total. The summed E-state index contributed by atoms with van der Waals surface area (Å²) < 4.78 is 17.1. The van der Waals surface area contributed by atoms with E-state index in [1.165, 1.54) is 0 Å². The lowest BCUT2D eigenvalue weighted by Crippen LogP contribution is -2.45. The fraction of sp³-hybridized carbons (Fsp3) is 0.474. The molecule has 1 aliphatic carbocycles.